The normalized spacial score (nSPS) is 17.9. The van der Waals surface area contributed by atoms with E-state index >= 15 is 0 Å². The maximum absolute atomic E-state index is 11.5. The fourth-order valence-electron chi connectivity index (χ4n) is 1.39. The van der Waals surface area contributed by atoms with Gasteiger partial charge in [-0.25, -0.2) is 4.79 Å². The molecule has 0 aromatic heterocycles. The van der Waals surface area contributed by atoms with E-state index in [1.165, 1.54) is 11.9 Å². The van der Waals surface area contributed by atoms with Gasteiger partial charge in [0.15, 0.2) is 0 Å². The van der Waals surface area contributed by atoms with Crippen LogP contribution in [0.4, 0.5) is 4.79 Å². The van der Waals surface area contributed by atoms with Gasteiger partial charge >= 0.3 is 6.03 Å². The summed E-state index contributed by atoms with van der Waals surface area (Å²) in [6, 6.07) is -0.359. The largest absolute Gasteiger partial charge is 0.352 e. The minimum absolute atomic E-state index is 0.0510. The van der Waals surface area contributed by atoms with E-state index in [1.807, 2.05) is 13.8 Å². The summed E-state index contributed by atoms with van der Waals surface area (Å²) in [5, 5.41) is 2.71. The molecule has 1 heterocycles. The number of rotatable bonds is 4. The van der Waals surface area contributed by atoms with Crippen LogP contribution in [0.2, 0.25) is 0 Å². The highest BCUT2D eigenvalue weighted by Crippen LogP contribution is 2.06. The Kier molecular flexibility index (Phi) is 3.87. The molecule has 1 rings (SSSR count). The Labute approximate surface area is 94.6 Å². The summed E-state index contributed by atoms with van der Waals surface area (Å²) in [5.74, 6) is -0.627. The van der Waals surface area contributed by atoms with Crippen molar-refractivity contribution in [1.82, 2.24) is 15.1 Å². The smallest absolute Gasteiger partial charge is 0.327 e. The van der Waals surface area contributed by atoms with Crippen molar-refractivity contribution < 1.29 is 14.4 Å². The third-order valence-electron chi connectivity index (χ3n) is 2.55. The van der Waals surface area contributed by atoms with E-state index in [0.717, 1.165) is 11.3 Å². The van der Waals surface area contributed by atoms with Gasteiger partial charge in [-0.1, -0.05) is 6.92 Å². The van der Waals surface area contributed by atoms with Gasteiger partial charge in [0.25, 0.3) is 5.91 Å². The molecule has 0 aliphatic carbocycles. The van der Waals surface area contributed by atoms with E-state index < -0.39 is 6.03 Å². The topological polar surface area (TPSA) is 69.7 Å². The van der Waals surface area contributed by atoms with Gasteiger partial charge in [-0.3, -0.25) is 14.5 Å². The number of amides is 4. The van der Waals surface area contributed by atoms with Crippen LogP contribution >= 0.6 is 0 Å². The first-order valence-corrected chi connectivity index (χ1v) is 5.30. The molecule has 6 nitrogen and oxygen atoms in total. The number of nitrogens with one attached hydrogen (secondary N) is 1. The first-order chi connectivity index (χ1) is 7.45. The maximum atomic E-state index is 11.5. The lowest BCUT2D eigenvalue weighted by atomic mass is 10.2. The van der Waals surface area contributed by atoms with Gasteiger partial charge < -0.3 is 10.2 Å². The van der Waals surface area contributed by atoms with E-state index in [-0.39, 0.29) is 30.9 Å². The molecule has 0 saturated carbocycles. The van der Waals surface area contributed by atoms with E-state index in [9.17, 15) is 14.4 Å². The number of urea groups is 1. The monoisotopic (exact) mass is 227 g/mol. The second-order valence-electron chi connectivity index (χ2n) is 4.00. The molecule has 1 N–H and O–H groups in total. The van der Waals surface area contributed by atoms with E-state index in [1.54, 1.807) is 0 Å². The number of hydrogen-bond acceptors (Lipinski definition) is 3. The van der Waals surface area contributed by atoms with Crippen LogP contribution in [-0.2, 0) is 9.59 Å². The molecule has 1 atom stereocenters. The highest BCUT2D eigenvalue weighted by molar-refractivity contribution is 6.04. The van der Waals surface area contributed by atoms with Crippen LogP contribution in [0, 0.1) is 0 Å². The molecule has 0 radical (unpaired) electrons. The van der Waals surface area contributed by atoms with Crippen molar-refractivity contribution in [3.63, 3.8) is 0 Å². The molecule has 1 saturated heterocycles. The summed E-state index contributed by atoms with van der Waals surface area (Å²) >= 11 is 0. The van der Waals surface area contributed by atoms with E-state index in [4.69, 9.17) is 0 Å². The van der Waals surface area contributed by atoms with Crippen LogP contribution in [0.5, 0.6) is 0 Å². The molecule has 16 heavy (non-hydrogen) atoms. The first-order valence-electron chi connectivity index (χ1n) is 5.30. The standard InChI is InChI=1S/C10H17N3O3/c1-4-7(2)11-8(14)5-13-9(15)6-12(3)10(13)16/h7H,4-6H2,1-3H3,(H,11,14). The molecular formula is C10H17N3O3. The zero-order chi connectivity index (χ0) is 12.3. The Morgan fingerprint density at radius 3 is 2.56 bits per heavy atom. The van der Waals surface area contributed by atoms with Gasteiger partial charge in [-0.2, -0.15) is 0 Å². The quantitative estimate of drug-likeness (QED) is 0.676. The van der Waals surface area contributed by atoms with Gasteiger partial charge in [0.1, 0.15) is 13.1 Å². The third-order valence-corrected chi connectivity index (χ3v) is 2.55. The second-order valence-corrected chi connectivity index (χ2v) is 4.00. The van der Waals surface area contributed by atoms with Crippen molar-refractivity contribution in [2.45, 2.75) is 26.3 Å². The van der Waals surface area contributed by atoms with Crippen LogP contribution < -0.4 is 5.32 Å². The molecule has 90 valence electrons. The van der Waals surface area contributed by atoms with Crippen molar-refractivity contribution >= 4 is 17.8 Å². The summed E-state index contributed by atoms with van der Waals surface area (Å²) in [6.07, 6.45) is 0.813. The SMILES string of the molecule is CCC(C)NC(=O)CN1C(=O)CN(C)C1=O. The van der Waals surface area contributed by atoms with Gasteiger partial charge in [-0.05, 0) is 13.3 Å². The molecular weight excluding hydrogens is 210 g/mol. The molecule has 0 aromatic rings. The summed E-state index contributed by atoms with van der Waals surface area (Å²) in [6.45, 7) is 3.68. The lowest BCUT2D eigenvalue weighted by Crippen LogP contribution is -2.43. The third kappa shape index (κ3) is 2.71. The van der Waals surface area contributed by atoms with Gasteiger partial charge in [0, 0.05) is 13.1 Å². The number of nitrogens with zero attached hydrogens (tertiary/aromatic N) is 2. The zero-order valence-electron chi connectivity index (χ0n) is 9.82. The Balaban J connectivity index is 2.51. The van der Waals surface area contributed by atoms with Crippen LogP contribution in [0.1, 0.15) is 20.3 Å². The highest BCUT2D eigenvalue weighted by Gasteiger charge is 2.34. The zero-order valence-corrected chi connectivity index (χ0v) is 9.82. The Hall–Kier alpha value is -1.59. The Morgan fingerprint density at radius 2 is 2.12 bits per heavy atom. The van der Waals surface area contributed by atoms with Crippen molar-refractivity contribution in [3.8, 4) is 0 Å². The van der Waals surface area contributed by atoms with Gasteiger partial charge in [-0.15, -0.1) is 0 Å². The van der Waals surface area contributed by atoms with Crippen LogP contribution in [0.25, 0.3) is 0 Å². The molecule has 1 aliphatic rings. The predicted octanol–water partition coefficient (Wildman–Crippen LogP) is -0.205. The van der Waals surface area contributed by atoms with Gasteiger partial charge in [0.05, 0.1) is 0 Å². The minimum atomic E-state index is -0.413. The fraction of sp³-hybridized carbons (Fsp3) is 0.700. The minimum Gasteiger partial charge on any atom is -0.352 e. The Bertz CT molecular complexity index is 316. The molecule has 0 aromatic carbocycles. The first kappa shape index (κ1) is 12.5. The number of likely N-dealkylation sites (N-methyl/N-ethyl adjacent to an activating group) is 1. The molecule has 1 fully saturated rings. The average molecular weight is 227 g/mol. The molecule has 1 unspecified atom stereocenters. The second kappa shape index (κ2) is 4.96. The predicted molar refractivity (Wildman–Crippen MR) is 57.6 cm³/mol. The summed E-state index contributed by atoms with van der Waals surface area (Å²) < 4.78 is 0. The lowest BCUT2D eigenvalue weighted by molar-refractivity contribution is -0.131. The van der Waals surface area contributed by atoms with Crippen molar-refractivity contribution in [2.24, 2.45) is 0 Å². The van der Waals surface area contributed by atoms with Crippen molar-refractivity contribution in [1.29, 1.82) is 0 Å². The number of imide groups is 1. The van der Waals surface area contributed by atoms with Crippen molar-refractivity contribution in [3.05, 3.63) is 0 Å². The summed E-state index contributed by atoms with van der Waals surface area (Å²) in [7, 11) is 1.53. The molecule has 0 spiro atoms. The summed E-state index contributed by atoms with van der Waals surface area (Å²) in [4.78, 5) is 36.6. The average Bonchev–Trinajstić information content (AvgIpc) is 2.45. The number of hydrogen-bond donors (Lipinski definition) is 1. The maximum Gasteiger partial charge on any atom is 0.327 e. The molecule has 1 aliphatic heterocycles. The van der Waals surface area contributed by atoms with Gasteiger partial charge in [0.2, 0.25) is 5.91 Å². The molecule has 0 bridgehead atoms. The van der Waals surface area contributed by atoms with Crippen LogP contribution in [0.15, 0.2) is 0 Å². The van der Waals surface area contributed by atoms with E-state index in [0.29, 0.717) is 0 Å². The lowest BCUT2D eigenvalue weighted by Gasteiger charge is -2.16. The number of carbonyl (C=O) groups excluding carboxylic acids is 3. The van der Waals surface area contributed by atoms with Crippen LogP contribution in [-0.4, -0.2) is 53.8 Å². The van der Waals surface area contributed by atoms with Crippen LogP contribution in [0.3, 0.4) is 0 Å². The van der Waals surface area contributed by atoms with E-state index in [2.05, 4.69) is 5.32 Å². The fourth-order valence-corrected chi connectivity index (χ4v) is 1.39. The highest BCUT2D eigenvalue weighted by atomic mass is 16.2. The number of carbonyl (C=O) groups is 3. The van der Waals surface area contributed by atoms with Crippen molar-refractivity contribution in [2.75, 3.05) is 20.1 Å². The molecule has 6 heteroatoms. The Morgan fingerprint density at radius 1 is 1.50 bits per heavy atom. The molecule has 4 amide bonds. The summed E-state index contributed by atoms with van der Waals surface area (Å²) in [5.41, 5.74) is 0.